The summed E-state index contributed by atoms with van der Waals surface area (Å²) in [6.45, 7) is 2.32. The zero-order valence-corrected chi connectivity index (χ0v) is 11.1. The topological polar surface area (TPSA) is 58.4 Å². The van der Waals surface area contributed by atoms with E-state index in [1.54, 1.807) is 19.1 Å². The molecule has 0 bridgehead atoms. The molecule has 4 heteroatoms. The molecule has 0 saturated heterocycles. The average Bonchev–Trinajstić information content (AvgIpc) is 2.34. The highest BCUT2D eigenvalue weighted by Gasteiger charge is 2.12. The summed E-state index contributed by atoms with van der Waals surface area (Å²) < 4.78 is 0. The monoisotopic (exact) mass is 245 g/mol. The van der Waals surface area contributed by atoms with Gasteiger partial charge in [-0.05, 0) is 25.1 Å². The van der Waals surface area contributed by atoms with E-state index in [9.17, 15) is 4.79 Å². The van der Waals surface area contributed by atoms with Crippen LogP contribution in [0, 0.1) is 11.8 Å². The van der Waals surface area contributed by atoms with Gasteiger partial charge in [0.1, 0.15) is 0 Å². The Morgan fingerprint density at radius 3 is 2.78 bits per heavy atom. The molecule has 1 amide bonds. The van der Waals surface area contributed by atoms with Gasteiger partial charge in [-0.2, -0.15) is 0 Å². The number of carbonyl (C=O) groups excluding carboxylic acids is 1. The SMILES string of the molecule is CC#CCCNC(=O)c1cc(N)ccc1N(C)C. The maximum Gasteiger partial charge on any atom is 0.253 e. The first-order chi connectivity index (χ1) is 8.56. The van der Waals surface area contributed by atoms with Gasteiger partial charge in [0.05, 0.1) is 5.56 Å². The molecular formula is C14H19N3O. The van der Waals surface area contributed by atoms with Gasteiger partial charge >= 0.3 is 0 Å². The summed E-state index contributed by atoms with van der Waals surface area (Å²) in [4.78, 5) is 13.9. The van der Waals surface area contributed by atoms with Crippen LogP contribution in [0.4, 0.5) is 11.4 Å². The fourth-order valence-corrected chi connectivity index (χ4v) is 1.58. The molecular weight excluding hydrogens is 226 g/mol. The smallest absolute Gasteiger partial charge is 0.253 e. The molecule has 0 aliphatic rings. The molecule has 0 fully saturated rings. The molecule has 96 valence electrons. The first kappa shape index (κ1) is 13.9. The van der Waals surface area contributed by atoms with Crippen LogP contribution in [0.5, 0.6) is 0 Å². The van der Waals surface area contributed by atoms with E-state index >= 15 is 0 Å². The molecule has 3 N–H and O–H groups in total. The van der Waals surface area contributed by atoms with Gasteiger partial charge in [0.15, 0.2) is 0 Å². The number of rotatable bonds is 4. The summed E-state index contributed by atoms with van der Waals surface area (Å²) in [7, 11) is 3.79. The molecule has 0 aromatic heterocycles. The molecule has 0 saturated carbocycles. The Balaban J connectivity index is 2.82. The highest BCUT2D eigenvalue weighted by Crippen LogP contribution is 2.21. The van der Waals surface area contributed by atoms with Gasteiger partial charge in [0, 0.05) is 38.4 Å². The van der Waals surface area contributed by atoms with Crippen molar-refractivity contribution in [3.05, 3.63) is 23.8 Å². The molecule has 1 aromatic carbocycles. The fraction of sp³-hybridized carbons (Fsp3) is 0.357. The minimum absolute atomic E-state index is 0.121. The number of nitrogens with one attached hydrogen (secondary N) is 1. The first-order valence-electron chi connectivity index (χ1n) is 5.81. The maximum absolute atomic E-state index is 12.0. The van der Waals surface area contributed by atoms with Gasteiger partial charge in [0.25, 0.3) is 5.91 Å². The fourth-order valence-electron chi connectivity index (χ4n) is 1.58. The third kappa shape index (κ3) is 3.70. The van der Waals surface area contributed by atoms with E-state index in [4.69, 9.17) is 5.73 Å². The van der Waals surface area contributed by atoms with Crippen LogP contribution >= 0.6 is 0 Å². The molecule has 0 spiro atoms. The summed E-state index contributed by atoms with van der Waals surface area (Å²) in [6.07, 6.45) is 0.655. The number of carbonyl (C=O) groups is 1. The van der Waals surface area contributed by atoms with Gasteiger partial charge in [-0.1, -0.05) is 0 Å². The number of anilines is 2. The Hall–Kier alpha value is -2.15. The van der Waals surface area contributed by atoms with Gasteiger partial charge in [0.2, 0.25) is 0 Å². The number of hydrogen-bond acceptors (Lipinski definition) is 3. The van der Waals surface area contributed by atoms with Gasteiger partial charge in [-0.3, -0.25) is 4.79 Å². The number of nitrogens with zero attached hydrogens (tertiary/aromatic N) is 1. The Morgan fingerprint density at radius 1 is 1.44 bits per heavy atom. The lowest BCUT2D eigenvalue weighted by Gasteiger charge is -2.17. The van der Waals surface area contributed by atoms with E-state index in [0.29, 0.717) is 24.2 Å². The minimum atomic E-state index is -0.121. The van der Waals surface area contributed by atoms with Crippen LogP contribution in [0.1, 0.15) is 23.7 Å². The maximum atomic E-state index is 12.0. The lowest BCUT2D eigenvalue weighted by atomic mass is 10.1. The first-order valence-corrected chi connectivity index (χ1v) is 5.81. The van der Waals surface area contributed by atoms with Crippen LogP contribution in [-0.4, -0.2) is 26.5 Å². The molecule has 0 heterocycles. The molecule has 1 rings (SSSR count). The van der Waals surface area contributed by atoms with Crippen molar-refractivity contribution in [1.29, 1.82) is 0 Å². The van der Waals surface area contributed by atoms with E-state index in [-0.39, 0.29) is 5.91 Å². The summed E-state index contributed by atoms with van der Waals surface area (Å²) in [5, 5.41) is 2.83. The lowest BCUT2D eigenvalue weighted by Crippen LogP contribution is -2.26. The third-order valence-electron chi connectivity index (χ3n) is 2.46. The highest BCUT2D eigenvalue weighted by molar-refractivity contribution is 6.00. The van der Waals surface area contributed by atoms with Crippen molar-refractivity contribution in [3.63, 3.8) is 0 Å². The summed E-state index contributed by atoms with van der Waals surface area (Å²) in [5.74, 6) is 5.57. The van der Waals surface area contributed by atoms with Crippen molar-refractivity contribution in [2.45, 2.75) is 13.3 Å². The zero-order chi connectivity index (χ0) is 13.5. The molecule has 0 radical (unpaired) electrons. The number of benzene rings is 1. The molecule has 0 aliphatic heterocycles. The van der Waals surface area contributed by atoms with Crippen molar-refractivity contribution in [3.8, 4) is 11.8 Å². The molecule has 0 unspecified atom stereocenters. The van der Waals surface area contributed by atoms with Crippen LogP contribution in [0.25, 0.3) is 0 Å². The number of amides is 1. The van der Waals surface area contributed by atoms with Crippen molar-refractivity contribution >= 4 is 17.3 Å². The van der Waals surface area contributed by atoms with E-state index in [0.717, 1.165) is 5.69 Å². The van der Waals surface area contributed by atoms with Crippen molar-refractivity contribution in [2.24, 2.45) is 0 Å². The highest BCUT2D eigenvalue weighted by atomic mass is 16.1. The third-order valence-corrected chi connectivity index (χ3v) is 2.46. The molecule has 4 nitrogen and oxygen atoms in total. The second-order valence-corrected chi connectivity index (χ2v) is 4.10. The average molecular weight is 245 g/mol. The van der Waals surface area contributed by atoms with Gasteiger partial charge in [-0.15, -0.1) is 11.8 Å². The molecule has 1 aromatic rings. The van der Waals surface area contributed by atoms with Crippen LogP contribution in [0.2, 0.25) is 0 Å². The Labute approximate surface area is 108 Å². The lowest BCUT2D eigenvalue weighted by molar-refractivity contribution is 0.0955. The summed E-state index contributed by atoms with van der Waals surface area (Å²) >= 11 is 0. The van der Waals surface area contributed by atoms with Gasteiger partial charge in [-0.25, -0.2) is 0 Å². The van der Waals surface area contributed by atoms with Crippen molar-refractivity contribution in [2.75, 3.05) is 31.3 Å². The second kappa shape index (κ2) is 6.55. The Kier molecular flexibility index (Phi) is 5.06. The van der Waals surface area contributed by atoms with Crippen LogP contribution in [0.15, 0.2) is 18.2 Å². The van der Waals surface area contributed by atoms with Crippen LogP contribution in [-0.2, 0) is 0 Å². The summed E-state index contributed by atoms with van der Waals surface area (Å²) in [5.41, 5.74) is 7.74. The van der Waals surface area contributed by atoms with Crippen LogP contribution < -0.4 is 16.0 Å². The van der Waals surface area contributed by atoms with E-state index < -0.39 is 0 Å². The predicted molar refractivity (Wildman–Crippen MR) is 75.6 cm³/mol. The standard InChI is InChI=1S/C14H19N3O/c1-4-5-6-9-16-14(18)12-10-11(15)7-8-13(12)17(2)3/h7-8,10H,6,9,15H2,1-3H3,(H,16,18). The summed E-state index contributed by atoms with van der Waals surface area (Å²) in [6, 6.07) is 5.32. The number of hydrogen-bond donors (Lipinski definition) is 2. The Morgan fingerprint density at radius 2 is 2.17 bits per heavy atom. The molecule has 0 atom stereocenters. The second-order valence-electron chi connectivity index (χ2n) is 4.10. The van der Waals surface area contributed by atoms with Gasteiger partial charge < -0.3 is 16.0 Å². The van der Waals surface area contributed by atoms with Crippen molar-refractivity contribution < 1.29 is 4.79 Å². The number of nitrogens with two attached hydrogens (primary N) is 1. The quantitative estimate of drug-likeness (QED) is 0.480. The van der Waals surface area contributed by atoms with Crippen LogP contribution in [0.3, 0.4) is 0 Å². The molecule has 18 heavy (non-hydrogen) atoms. The number of nitrogen functional groups attached to an aromatic ring is 1. The van der Waals surface area contributed by atoms with E-state index in [2.05, 4.69) is 17.2 Å². The normalized spacial score (nSPS) is 9.28. The molecule has 0 aliphatic carbocycles. The minimum Gasteiger partial charge on any atom is -0.399 e. The van der Waals surface area contributed by atoms with E-state index in [1.807, 2.05) is 25.1 Å². The zero-order valence-electron chi connectivity index (χ0n) is 11.1. The van der Waals surface area contributed by atoms with Crippen molar-refractivity contribution in [1.82, 2.24) is 5.32 Å². The van der Waals surface area contributed by atoms with E-state index in [1.165, 1.54) is 0 Å². The largest absolute Gasteiger partial charge is 0.399 e. The predicted octanol–water partition coefficient (Wildman–Crippen LogP) is 1.48. The Bertz CT molecular complexity index is 484.